The Morgan fingerprint density at radius 2 is 1.70 bits per heavy atom. The quantitative estimate of drug-likeness (QED) is 0.614. The molecule has 0 unspecified atom stereocenters. The topological polar surface area (TPSA) is 53.6 Å². The van der Waals surface area contributed by atoms with Crippen LogP contribution < -0.4 is 11.1 Å². The lowest BCUT2D eigenvalue weighted by Gasteiger charge is -2.40. The summed E-state index contributed by atoms with van der Waals surface area (Å²) in [6.07, 6.45) is 10.5. The van der Waals surface area contributed by atoms with Crippen LogP contribution in [0, 0.1) is 0 Å². The average molecular weight is 280 g/mol. The minimum Gasteiger partial charge on any atom is -0.370 e. The lowest BCUT2D eigenvalue weighted by Crippen LogP contribution is -2.49. The summed E-state index contributed by atoms with van der Waals surface area (Å²) in [5.74, 6) is 0.641. The smallest absolute Gasteiger partial charge is 0.188 e. The molecule has 4 heteroatoms. The van der Waals surface area contributed by atoms with E-state index in [1.165, 1.54) is 64.5 Å². The monoisotopic (exact) mass is 280 g/mol. The third-order valence-corrected chi connectivity index (χ3v) is 4.81. The zero-order valence-corrected chi connectivity index (χ0v) is 13.3. The van der Waals surface area contributed by atoms with Crippen molar-refractivity contribution in [3.05, 3.63) is 0 Å². The van der Waals surface area contributed by atoms with Crippen LogP contribution in [-0.4, -0.2) is 42.1 Å². The summed E-state index contributed by atoms with van der Waals surface area (Å²) in [4.78, 5) is 7.17. The van der Waals surface area contributed by atoms with Crippen molar-refractivity contribution in [2.75, 3.05) is 19.6 Å². The van der Waals surface area contributed by atoms with E-state index in [9.17, 15) is 0 Å². The first kappa shape index (κ1) is 15.6. The van der Waals surface area contributed by atoms with Crippen LogP contribution in [0.3, 0.4) is 0 Å². The summed E-state index contributed by atoms with van der Waals surface area (Å²) in [7, 11) is 0. The predicted molar refractivity (Wildman–Crippen MR) is 86.0 cm³/mol. The number of nitrogens with two attached hydrogens (primary N) is 1. The van der Waals surface area contributed by atoms with Crippen LogP contribution >= 0.6 is 0 Å². The van der Waals surface area contributed by atoms with E-state index < -0.39 is 0 Å². The maximum atomic E-state index is 6.06. The molecule has 0 aromatic rings. The fourth-order valence-corrected chi connectivity index (χ4v) is 3.38. The number of nitrogens with zero attached hydrogens (tertiary/aromatic N) is 2. The molecule has 0 spiro atoms. The maximum Gasteiger partial charge on any atom is 0.188 e. The Morgan fingerprint density at radius 1 is 1.10 bits per heavy atom. The molecule has 1 aliphatic carbocycles. The van der Waals surface area contributed by atoms with Crippen molar-refractivity contribution in [1.82, 2.24) is 10.2 Å². The van der Waals surface area contributed by atoms with Crippen LogP contribution in [0.2, 0.25) is 0 Å². The molecule has 0 aromatic heterocycles. The Labute approximate surface area is 124 Å². The molecule has 20 heavy (non-hydrogen) atoms. The molecule has 1 saturated heterocycles. The van der Waals surface area contributed by atoms with Crippen molar-refractivity contribution in [2.45, 2.75) is 76.8 Å². The molecule has 0 aromatic carbocycles. The van der Waals surface area contributed by atoms with E-state index in [0.29, 0.717) is 12.0 Å². The molecule has 0 amide bonds. The second kappa shape index (κ2) is 7.30. The number of nitrogens with one attached hydrogen (secondary N) is 1. The van der Waals surface area contributed by atoms with Gasteiger partial charge in [-0.3, -0.25) is 9.89 Å². The molecule has 2 fully saturated rings. The largest absolute Gasteiger partial charge is 0.370 e. The highest BCUT2D eigenvalue weighted by molar-refractivity contribution is 5.78. The van der Waals surface area contributed by atoms with Gasteiger partial charge in [0, 0.05) is 11.6 Å². The number of hydrogen-bond donors (Lipinski definition) is 2. The van der Waals surface area contributed by atoms with Gasteiger partial charge in [-0.15, -0.1) is 0 Å². The summed E-state index contributed by atoms with van der Waals surface area (Å²) < 4.78 is 0. The van der Waals surface area contributed by atoms with Gasteiger partial charge >= 0.3 is 0 Å². The minimum atomic E-state index is 0.124. The maximum absolute atomic E-state index is 6.06. The third kappa shape index (κ3) is 4.65. The summed E-state index contributed by atoms with van der Waals surface area (Å²) in [6, 6.07) is 0.547. The van der Waals surface area contributed by atoms with E-state index in [2.05, 4.69) is 29.1 Å². The van der Waals surface area contributed by atoms with Crippen LogP contribution in [0.1, 0.15) is 65.2 Å². The Bertz CT molecular complexity index is 312. The SMILES string of the molecule is CC(C)(CN=C(N)NC1CCCCC1)N1CCCCC1. The third-order valence-electron chi connectivity index (χ3n) is 4.81. The van der Waals surface area contributed by atoms with Gasteiger partial charge in [-0.25, -0.2) is 0 Å². The van der Waals surface area contributed by atoms with E-state index in [1.807, 2.05) is 0 Å². The number of piperidine rings is 1. The molecular weight excluding hydrogens is 248 g/mol. The van der Waals surface area contributed by atoms with E-state index >= 15 is 0 Å². The van der Waals surface area contributed by atoms with Gasteiger partial charge in [0.25, 0.3) is 0 Å². The van der Waals surface area contributed by atoms with Gasteiger partial charge in [0.15, 0.2) is 5.96 Å². The van der Waals surface area contributed by atoms with E-state index in [-0.39, 0.29) is 5.54 Å². The normalized spacial score (nSPS) is 23.8. The van der Waals surface area contributed by atoms with Crippen molar-refractivity contribution in [3.63, 3.8) is 0 Å². The number of likely N-dealkylation sites (tertiary alicyclic amines) is 1. The van der Waals surface area contributed by atoms with Crippen LogP contribution in [0.5, 0.6) is 0 Å². The molecule has 1 aliphatic heterocycles. The second-order valence-corrected chi connectivity index (χ2v) is 7.04. The van der Waals surface area contributed by atoms with Crippen molar-refractivity contribution in [3.8, 4) is 0 Å². The fraction of sp³-hybridized carbons (Fsp3) is 0.938. The first-order valence-corrected chi connectivity index (χ1v) is 8.39. The summed E-state index contributed by atoms with van der Waals surface area (Å²) >= 11 is 0. The Balaban J connectivity index is 1.79. The van der Waals surface area contributed by atoms with Gasteiger partial charge in [0.1, 0.15) is 0 Å². The fourth-order valence-electron chi connectivity index (χ4n) is 3.38. The zero-order valence-electron chi connectivity index (χ0n) is 13.3. The summed E-state index contributed by atoms with van der Waals surface area (Å²) in [6.45, 7) is 7.78. The minimum absolute atomic E-state index is 0.124. The molecule has 2 aliphatic rings. The van der Waals surface area contributed by atoms with E-state index in [1.54, 1.807) is 0 Å². The standard InChI is InChI=1S/C16H32N4/c1-16(2,20-11-7-4-8-12-20)13-18-15(17)19-14-9-5-3-6-10-14/h14H,3-13H2,1-2H3,(H3,17,18,19). The average Bonchev–Trinajstić information content (AvgIpc) is 2.47. The van der Waals surface area contributed by atoms with E-state index in [4.69, 9.17) is 5.73 Å². The first-order chi connectivity index (χ1) is 9.58. The number of hydrogen-bond acceptors (Lipinski definition) is 2. The molecule has 0 radical (unpaired) electrons. The molecule has 116 valence electrons. The van der Waals surface area contributed by atoms with Gasteiger partial charge in [-0.1, -0.05) is 25.7 Å². The molecule has 2 rings (SSSR count). The number of aliphatic imine (C=N–C) groups is 1. The molecule has 4 nitrogen and oxygen atoms in total. The number of guanidine groups is 1. The second-order valence-electron chi connectivity index (χ2n) is 7.04. The zero-order chi connectivity index (χ0) is 14.4. The van der Waals surface area contributed by atoms with Gasteiger partial charge < -0.3 is 11.1 Å². The highest BCUT2D eigenvalue weighted by Crippen LogP contribution is 2.21. The lowest BCUT2D eigenvalue weighted by atomic mass is 9.96. The molecule has 0 bridgehead atoms. The van der Waals surface area contributed by atoms with Gasteiger partial charge in [0.05, 0.1) is 6.54 Å². The van der Waals surface area contributed by atoms with Crippen LogP contribution in [0.25, 0.3) is 0 Å². The lowest BCUT2D eigenvalue weighted by molar-refractivity contribution is 0.102. The molecule has 3 N–H and O–H groups in total. The van der Waals surface area contributed by atoms with Gasteiger partial charge in [-0.2, -0.15) is 0 Å². The predicted octanol–water partition coefficient (Wildman–Crippen LogP) is 2.49. The van der Waals surface area contributed by atoms with Crippen molar-refractivity contribution in [2.24, 2.45) is 10.7 Å². The Morgan fingerprint density at radius 3 is 2.35 bits per heavy atom. The van der Waals surface area contributed by atoms with E-state index in [0.717, 1.165) is 6.54 Å². The molecule has 0 atom stereocenters. The van der Waals surface area contributed by atoms with Crippen LogP contribution in [0.15, 0.2) is 4.99 Å². The Kier molecular flexibility index (Phi) is 5.70. The van der Waals surface area contributed by atoms with Crippen LogP contribution in [0.4, 0.5) is 0 Å². The van der Waals surface area contributed by atoms with Crippen molar-refractivity contribution in [1.29, 1.82) is 0 Å². The van der Waals surface area contributed by atoms with Crippen molar-refractivity contribution >= 4 is 5.96 Å². The number of rotatable bonds is 4. The molecular formula is C16H32N4. The molecule has 1 saturated carbocycles. The highest BCUT2D eigenvalue weighted by atomic mass is 15.2. The Hall–Kier alpha value is -0.770. The summed E-state index contributed by atoms with van der Waals surface area (Å²) in [5.41, 5.74) is 6.19. The molecule has 1 heterocycles. The first-order valence-electron chi connectivity index (χ1n) is 8.39. The summed E-state index contributed by atoms with van der Waals surface area (Å²) in [5, 5.41) is 3.40. The van der Waals surface area contributed by atoms with Gasteiger partial charge in [-0.05, 0) is 52.6 Å². The highest BCUT2D eigenvalue weighted by Gasteiger charge is 2.27. The van der Waals surface area contributed by atoms with Crippen LogP contribution in [-0.2, 0) is 0 Å². The van der Waals surface area contributed by atoms with Gasteiger partial charge in [0.2, 0.25) is 0 Å². The van der Waals surface area contributed by atoms with Crippen molar-refractivity contribution < 1.29 is 0 Å².